The van der Waals surface area contributed by atoms with Crippen molar-refractivity contribution in [2.45, 2.75) is 39.7 Å². The van der Waals surface area contributed by atoms with Gasteiger partial charge >= 0.3 is 0 Å². The van der Waals surface area contributed by atoms with Crippen molar-refractivity contribution in [3.63, 3.8) is 0 Å². The zero-order valence-corrected chi connectivity index (χ0v) is 19.0. The van der Waals surface area contributed by atoms with Crippen LogP contribution in [-0.4, -0.2) is 24.0 Å². The lowest BCUT2D eigenvalue weighted by atomic mass is 10.1. The predicted octanol–water partition coefficient (Wildman–Crippen LogP) is 6.12. The molecular weight excluding hydrogens is 420 g/mol. The Morgan fingerprint density at radius 2 is 1.77 bits per heavy atom. The number of benzene rings is 2. The second kappa shape index (κ2) is 9.06. The molecule has 0 aliphatic carbocycles. The molecule has 0 unspecified atom stereocenters. The van der Waals surface area contributed by atoms with E-state index in [1.54, 1.807) is 30.3 Å². The number of nitrogens with one attached hydrogen (secondary N) is 2. The van der Waals surface area contributed by atoms with Crippen LogP contribution in [0.4, 0.5) is 5.69 Å². The van der Waals surface area contributed by atoms with Crippen LogP contribution in [0.1, 0.15) is 54.1 Å². The van der Waals surface area contributed by atoms with Gasteiger partial charge in [0.2, 0.25) is 0 Å². The van der Waals surface area contributed by atoms with Gasteiger partial charge in [0.05, 0.1) is 22.0 Å². The number of fused-ring (bicyclic) bond motifs is 1. The third kappa shape index (κ3) is 5.12. The Labute approximate surface area is 185 Å². The first-order chi connectivity index (χ1) is 14.2. The molecule has 0 bridgehead atoms. The number of amides is 2. The molecule has 0 spiro atoms. The highest BCUT2D eigenvalue weighted by atomic mass is 35.5. The third-order valence-electron chi connectivity index (χ3n) is 4.19. The summed E-state index contributed by atoms with van der Waals surface area (Å²) in [5.74, 6) is 0.262. The molecule has 5 nitrogen and oxygen atoms in total. The van der Waals surface area contributed by atoms with Gasteiger partial charge in [-0.05, 0) is 57.5 Å². The van der Waals surface area contributed by atoms with Crippen molar-refractivity contribution < 1.29 is 14.3 Å². The van der Waals surface area contributed by atoms with E-state index in [1.165, 1.54) is 11.3 Å². The highest BCUT2D eigenvalue weighted by Gasteiger charge is 2.22. The molecule has 1 aromatic heterocycles. The maximum absolute atomic E-state index is 12.7. The SMILES string of the molecule is CCCOc1ccc(C(=O)Nc2cccc3c(Cl)c(C(=O)NC(C)(C)C)sc23)cc1. The van der Waals surface area contributed by atoms with Gasteiger partial charge in [0.25, 0.3) is 11.8 Å². The zero-order valence-electron chi connectivity index (χ0n) is 17.5. The molecular formula is C23H25ClN2O3S. The molecule has 0 saturated carbocycles. The van der Waals surface area contributed by atoms with Crippen molar-refractivity contribution >= 4 is 50.5 Å². The summed E-state index contributed by atoms with van der Waals surface area (Å²) in [6, 6.07) is 12.5. The summed E-state index contributed by atoms with van der Waals surface area (Å²) in [5, 5.41) is 6.99. The zero-order chi connectivity index (χ0) is 21.9. The van der Waals surface area contributed by atoms with E-state index in [9.17, 15) is 9.59 Å². The number of hydrogen-bond acceptors (Lipinski definition) is 4. The fourth-order valence-electron chi connectivity index (χ4n) is 2.85. The third-order valence-corrected chi connectivity index (χ3v) is 5.93. The monoisotopic (exact) mass is 444 g/mol. The second-order valence-electron chi connectivity index (χ2n) is 7.96. The molecule has 1 heterocycles. The van der Waals surface area contributed by atoms with Gasteiger partial charge in [-0.2, -0.15) is 0 Å². The Morgan fingerprint density at radius 3 is 2.40 bits per heavy atom. The van der Waals surface area contributed by atoms with Crippen LogP contribution in [0.3, 0.4) is 0 Å². The van der Waals surface area contributed by atoms with Crippen molar-refractivity contribution in [2.24, 2.45) is 0 Å². The summed E-state index contributed by atoms with van der Waals surface area (Å²) in [6.07, 6.45) is 0.922. The molecule has 3 aromatic rings. The van der Waals surface area contributed by atoms with E-state index in [0.717, 1.165) is 22.3 Å². The molecule has 2 N–H and O–H groups in total. The smallest absolute Gasteiger partial charge is 0.263 e. The molecule has 30 heavy (non-hydrogen) atoms. The highest BCUT2D eigenvalue weighted by Crippen LogP contribution is 2.39. The van der Waals surface area contributed by atoms with Gasteiger partial charge in [0.1, 0.15) is 10.6 Å². The number of hydrogen-bond donors (Lipinski definition) is 2. The molecule has 0 atom stereocenters. The summed E-state index contributed by atoms with van der Waals surface area (Å²) < 4.78 is 6.32. The van der Waals surface area contributed by atoms with E-state index in [2.05, 4.69) is 10.6 Å². The van der Waals surface area contributed by atoms with Gasteiger partial charge in [-0.1, -0.05) is 30.7 Å². The fraction of sp³-hybridized carbons (Fsp3) is 0.304. The summed E-state index contributed by atoms with van der Waals surface area (Å²) in [6.45, 7) is 8.41. The number of ether oxygens (including phenoxy) is 1. The lowest BCUT2D eigenvalue weighted by Gasteiger charge is -2.19. The van der Waals surface area contributed by atoms with E-state index < -0.39 is 0 Å². The van der Waals surface area contributed by atoms with E-state index in [1.807, 2.05) is 39.8 Å². The normalized spacial score (nSPS) is 11.4. The Hall–Kier alpha value is -2.57. The number of carbonyl (C=O) groups is 2. The van der Waals surface area contributed by atoms with E-state index >= 15 is 0 Å². The quantitative estimate of drug-likeness (QED) is 0.481. The van der Waals surface area contributed by atoms with Gasteiger partial charge in [-0.25, -0.2) is 0 Å². The predicted molar refractivity (Wildman–Crippen MR) is 124 cm³/mol. The maximum Gasteiger partial charge on any atom is 0.263 e. The molecule has 0 radical (unpaired) electrons. The Balaban J connectivity index is 1.85. The maximum atomic E-state index is 12.7. The summed E-state index contributed by atoms with van der Waals surface area (Å²) >= 11 is 7.76. The first-order valence-electron chi connectivity index (χ1n) is 9.77. The van der Waals surface area contributed by atoms with Crippen molar-refractivity contribution in [1.82, 2.24) is 5.32 Å². The van der Waals surface area contributed by atoms with Crippen molar-refractivity contribution in [2.75, 3.05) is 11.9 Å². The number of carbonyl (C=O) groups excluding carboxylic acids is 2. The van der Waals surface area contributed by atoms with Gasteiger partial charge in [-0.3, -0.25) is 9.59 Å². The molecule has 2 aromatic carbocycles. The number of rotatable bonds is 6. The standard InChI is InChI=1S/C23H25ClN2O3S/c1-5-13-29-15-11-9-14(10-12-15)21(27)25-17-8-6-7-16-18(24)20(30-19(16)17)22(28)26-23(2,3)4/h6-12H,5,13H2,1-4H3,(H,25,27)(H,26,28). The molecule has 0 aliphatic rings. The van der Waals surface area contributed by atoms with Gasteiger partial charge in [0, 0.05) is 16.5 Å². The molecule has 158 valence electrons. The van der Waals surface area contributed by atoms with Crippen LogP contribution in [-0.2, 0) is 0 Å². The molecule has 0 saturated heterocycles. The number of anilines is 1. The van der Waals surface area contributed by atoms with Crippen LogP contribution in [0, 0.1) is 0 Å². The molecule has 3 rings (SSSR count). The van der Waals surface area contributed by atoms with Crippen molar-refractivity contribution in [3.05, 3.63) is 57.9 Å². The summed E-state index contributed by atoms with van der Waals surface area (Å²) in [5.41, 5.74) is 0.760. The number of thiophene rings is 1. The van der Waals surface area contributed by atoms with Crippen molar-refractivity contribution in [1.29, 1.82) is 0 Å². The Bertz CT molecular complexity index is 1070. The van der Waals surface area contributed by atoms with E-state index in [4.69, 9.17) is 16.3 Å². The molecule has 2 amide bonds. The minimum Gasteiger partial charge on any atom is -0.494 e. The summed E-state index contributed by atoms with van der Waals surface area (Å²) in [4.78, 5) is 25.8. The first-order valence-corrected chi connectivity index (χ1v) is 11.0. The van der Waals surface area contributed by atoms with Gasteiger partial charge in [0.15, 0.2) is 0 Å². The van der Waals surface area contributed by atoms with Crippen LogP contribution >= 0.6 is 22.9 Å². The topological polar surface area (TPSA) is 67.4 Å². The number of halogens is 1. The van der Waals surface area contributed by atoms with Crippen LogP contribution in [0.2, 0.25) is 5.02 Å². The molecule has 7 heteroatoms. The lowest BCUT2D eigenvalue weighted by molar-refractivity contribution is 0.0923. The van der Waals surface area contributed by atoms with Crippen LogP contribution in [0.5, 0.6) is 5.75 Å². The van der Waals surface area contributed by atoms with Crippen molar-refractivity contribution in [3.8, 4) is 5.75 Å². The fourth-order valence-corrected chi connectivity index (χ4v) is 4.32. The van der Waals surface area contributed by atoms with E-state index in [0.29, 0.717) is 27.8 Å². The van der Waals surface area contributed by atoms with Gasteiger partial charge < -0.3 is 15.4 Å². The van der Waals surface area contributed by atoms with Crippen LogP contribution < -0.4 is 15.4 Å². The minimum absolute atomic E-state index is 0.228. The second-order valence-corrected chi connectivity index (χ2v) is 9.36. The summed E-state index contributed by atoms with van der Waals surface area (Å²) in [7, 11) is 0. The Morgan fingerprint density at radius 1 is 1.07 bits per heavy atom. The van der Waals surface area contributed by atoms with E-state index in [-0.39, 0.29) is 17.4 Å². The van der Waals surface area contributed by atoms with Crippen LogP contribution in [0.15, 0.2) is 42.5 Å². The molecule has 0 fully saturated rings. The minimum atomic E-state index is -0.374. The van der Waals surface area contributed by atoms with Crippen LogP contribution in [0.25, 0.3) is 10.1 Å². The molecule has 0 aliphatic heterocycles. The lowest BCUT2D eigenvalue weighted by Crippen LogP contribution is -2.40. The average Bonchev–Trinajstić information content (AvgIpc) is 3.03. The largest absolute Gasteiger partial charge is 0.494 e. The first kappa shape index (κ1) is 22.1. The Kier molecular flexibility index (Phi) is 6.68. The average molecular weight is 445 g/mol. The van der Waals surface area contributed by atoms with Gasteiger partial charge in [-0.15, -0.1) is 11.3 Å². The highest BCUT2D eigenvalue weighted by molar-refractivity contribution is 7.22.